The largest absolute Gasteiger partial charge is 0.461 e. The lowest BCUT2D eigenvalue weighted by molar-refractivity contribution is -0.125. The monoisotopic (exact) mass is 464 g/mol. The van der Waals surface area contributed by atoms with E-state index in [1.807, 2.05) is 6.92 Å². The topological polar surface area (TPSA) is 127 Å². The van der Waals surface area contributed by atoms with E-state index >= 15 is 0 Å². The third-order valence-corrected chi connectivity index (χ3v) is 6.55. The van der Waals surface area contributed by atoms with Gasteiger partial charge in [-0.25, -0.2) is 14.8 Å². The molecule has 0 saturated heterocycles. The van der Waals surface area contributed by atoms with Crippen molar-refractivity contribution in [2.75, 3.05) is 18.5 Å². The lowest BCUT2D eigenvalue weighted by Gasteiger charge is -2.19. The van der Waals surface area contributed by atoms with Crippen molar-refractivity contribution < 1.29 is 23.9 Å². The Balaban J connectivity index is 1.52. The summed E-state index contributed by atoms with van der Waals surface area (Å²) in [4.78, 5) is 57.5. The minimum absolute atomic E-state index is 0.119. The first kappa shape index (κ1) is 23.0. The van der Waals surface area contributed by atoms with E-state index in [4.69, 9.17) is 4.74 Å². The van der Waals surface area contributed by atoms with Gasteiger partial charge in [-0.15, -0.1) is 11.3 Å². The fourth-order valence-electron chi connectivity index (χ4n) is 3.14. The molecule has 0 fully saturated rings. The van der Waals surface area contributed by atoms with Crippen molar-refractivity contribution in [3.63, 3.8) is 0 Å². The molecule has 31 heavy (non-hydrogen) atoms. The number of ketones is 1. The molecule has 11 heteroatoms. The fourth-order valence-corrected chi connectivity index (χ4v) is 4.86. The summed E-state index contributed by atoms with van der Waals surface area (Å²) in [6.45, 7) is 4.28. The average molecular weight is 465 g/mol. The van der Waals surface area contributed by atoms with E-state index < -0.39 is 11.9 Å². The van der Waals surface area contributed by atoms with Crippen LogP contribution < -0.4 is 10.6 Å². The van der Waals surface area contributed by atoms with Crippen LogP contribution in [0.2, 0.25) is 0 Å². The van der Waals surface area contributed by atoms with Gasteiger partial charge >= 0.3 is 5.97 Å². The second-order valence-corrected chi connectivity index (χ2v) is 8.95. The summed E-state index contributed by atoms with van der Waals surface area (Å²) < 4.78 is 4.91. The predicted octanol–water partition coefficient (Wildman–Crippen LogP) is 2.62. The maximum absolute atomic E-state index is 12.6. The van der Waals surface area contributed by atoms with Gasteiger partial charge in [0, 0.05) is 37.6 Å². The van der Waals surface area contributed by atoms with Gasteiger partial charge in [0.2, 0.25) is 11.8 Å². The van der Waals surface area contributed by atoms with Gasteiger partial charge in [-0.2, -0.15) is 0 Å². The number of nitrogens with zero attached hydrogens (tertiary/aromatic N) is 2. The van der Waals surface area contributed by atoms with Gasteiger partial charge < -0.3 is 15.4 Å². The number of ether oxygens (including phenoxy) is 1. The van der Waals surface area contributed by atoms with Gasteiger partial charge in [0.1, 0.15) is 0 Å². The Morgan fingerprint density at radius 1 is 1.23 bits per heavy atom. The predicted molar refractivity (Wildman–Crippen MR) is 117 cm³/mol. The molecule has 0 spiro atoms. The summed E-state index contributed by atoms with van der Waals surface area (Å²) in [6.07, 6.45) is 2.07. The van der Waals surface area contributed by atoms with Gasteiger partial charge in [-0.3, -0.25) is 14.4 Å². The molecular formula is C20H24N4O5S2. The Morgan fingerprint density at radius 3 is 2.77 bits per heavy atom. The molecule has 2 N–H and O–H groups in total. The van der Waals surface area contributed by atoms with E-state index in [0.29, 0.717) is 41.5 Å². The maximum atomic E-state index is 12.6. The molecule has 166 valence electrons. The lowest BCUT2D eigenvalue weighted by atomic mass is 9.89. The van der Waals surface area contributed by atoms with Crippen LogP contribution >= 0.6 is 22.7 Å². The van der Waals surface area contributed by atoms with Crippen molar-refractivity contribution in [1.82, 2.24) is 15.3 Å². The Hall–Kier alpha value is -2.66. The summed E-state index contributed by atoms with van der Waals surface area (Å²) in [5.41, 5.74) is 0.830. The number of carbonyl (C=O) groups is 4. The summed E-state index contributed by atoms with van der Waals surface area (Å²) in [6, 6.07) is 0. The number of hydrogen-bond donors (Lipinski definition) is 2. The normalized spacial score (nSPS) is 15.3. The molecule has 0 bridgehead atoms. The van der Waals surface area contributed by atoms with Crippen molar-refractivity contribution in [2.45, 2.75) is 46.0 Å². The van der Waals surface area contributed by atoms with Crippen molar-refractivity contribution in [3.05, 3.63) is 26.7 Å². The van der Waals surface area contributed by atoms with Crippen LogP contribution in [0.25, 0.3) is 0 Å². The second kappa shape index (κ2) is 10.6. The van der Waals surface area contributed by atoms with Crippen LogP contribution in [-0.2, 0) is 27.2 Å². The van der Waals surface area contributed by atoms with E-state index in [1.54, 1.807) is 12.3 Å². The van der Waals surface area contributed by atoms with Gasteiger partial charge in [-0.1, -0.05) is 18.3 Å². The molecule has 1 aliphatic rings. The number of esters is 1. The molecular weight excluding hydrogens is 440 g/mol. The molecule has 2 aromatic heterocycles. The molecule has 0 aliphatic heterocycles. The van der Waals surface area contributed by atoms with Crippen LogP contribution in [0.5, 0.6) is 0 Å². The van der Waals surface area contributed by atoms with Gasteiger partial charge in [0.25, 0.3) is 0 Å². The number of fused-ring (bicyclic) bond motifs is 1. The van der Waals surface area contributed by atoms with Crippen LogP contribution in [-0.4, -0.2) is 46.7 Å². The standard InChI is InChI=1S/C20H24N4O5S2/c1-3-5-15(26)24-20-23-12-8-11(9-14(25)17(12)31-20)18(27)21-7-6-16-22-13(10-30-16)19(28)29-4-2/h10-11H,3-9H2,1-2H3,(H,21,27)(H,23,24,26)/t11-/m0/s1. The highest BCUT2D eigenvalue weighted by molar-refractivity contribution is 7.17. The highest BCUT2D eigenvalue weighted by atomic mass is 32.1. The highest BCUT2D eigenvalue weighted by Gasteiger charge is 2.33. The molecule has 3 rings (SSSR count). The van der Waals surface area contributed by atoms with Gasteiger partial charge in [-0.05, 0) is 13.3 Å². The highest BCUT2D eigenvalue weighted by Crippen LogP contribution is 2.32. The summed E-state index contributed by atoms with van der Waals surface area (Å²) >= 11 is 2.50. The van der Waals surface area contributed by atoms with Crippen molar-refractivity contribution in [2.24, 2.45) is 5.92 Å². The third-order valence-electron chi connectivity index (χ3n) is 4.59. The Morgan fingerprint density at radius 2 is 2.03 bits per heavy atom. The van der Waals surface area contributed by atoms with E-state index in [1.165, 1.54) is 22.7 Å². The molecule has 2 amide bonds. The Bertz CT molecular complexity index is 984. The quantitative estimate of drug-likeness (QED) is 0.546. The van der Waals surface area contributed by atoms with Crippen LogP contribution in [0.3, 0.4) is 0 Å². The number of carbonyl (C=O) groups excluding carboxylic acids is 4. The van der Waals surface area contributed by atoms with E-state index in [0.717, 1.165) is 11.4 Å². The van der Waals surface area contributed by atoms with Crippen molar-refractivity contribution in [3.8, 4) is 0 Å². The van der Waals surface area contributed by atoms with Gasteiger partial charge in [0.05, 0.1) is 28.1 Å². The summed E-state index contributed by atoms with van der Waals surface area (Å²) in [7, 11) is 0. The van der Waals surface area contributed by atoms with E-state index in [9.17, 15) is 19.2 Å². The first-order chi connectivity index (χ1) is 14.9. The molecule has 1 aliphatic carbocycles. The zero-order chi connectivity index (χ0) is 22.4. The lowest BCUT2D eigenvalue weighted by Crippen LogP contribution is -2.36. The number of amides is 2. The number of nitrogens with one attached hydrogen (secondary N) is 2. The van der Waals surface area contributed by atoms with Crippen LogP contribution in [0.15, 0.2) is 5.38 Å². The minimum atomic E-state index is -0.493. The summed E-state index contributed by atoms with van der Waals surface area (Å²) in [5.74, 6) is -1.44. The molecule has 0 aromatic carbocycles. The number of thiazole rings is 2. The molecule has 0 unspecified atom stereocenters. The molecule has 2 heterocycles. The number of aromatic nitrogens is 2. The molecule has 9 nitrogen and oxygen atoms in total. The SMILES string of the molecule is CCCC(=O)Nc1nc2c(s1)C(=O)C[C@@H](C(=O)NCCc1nc(C(=O)OCC)cs1)C2. The van der Waals surface area contributed by atoms with Crippen molar-refractivity contribution >= 4 is 51.4 Å². The summed E-state index contributed by atoms with van der Waals surface area (Å²) in [5, 5.41) is 8.30. The fraction of sp³-hybridized carbons (Fsp3) is 0.500. The van der Waals surface area contributed by atoms with Crippen LogP contribution in [0.1, 0.15) is 64.0 Å². The molecule has 0 radical (unpaired) electrons. The van der Waals surface area contributed by atoms with Crippen LogP contribution in [0, 0.1) is 5.92 Å². The number of anilines is 1. The first-order valence-corrected chi connectivity index (χ1v) is 11.8. The maximum Gasteiger partial charge on any atom is 0.357 e. The first-order valence-electron chi connectivity index (χ1n) is 10.1. The van der Waals surface area contributed by atoms with E-state index in [2.05, 4.69) is 20.6 Å². The third kappa shape index (κ3) is 5.95. The Kier molecular flexibility index (Phi) is 7.85. The zero-order valence-corrected chi connectivity index (χ0v) is 19.0. The Labute approximate surface area is 187 Å². The van der Waals surface area contributed by atoms with Crippen LogP contribution in [0.4, 0.5) is 5.13 Å². The number of rotatable bonds is 9. The average Bonchev–Trinajstić information content (AvgIpc) is 3.35. The zero-order valence-electron chi connectivity index (χ0n) is 17.4. The number of hydrogen-bond acceptors (Lipinski definition) is 9. The molecule has 0 saturated carbocycles. The number of Topliss-reactive ketones (excluding diaryl/α,β-unsaturated/α-hetero) is 1. The van der Waals surface area contributed by atoms with Crippen molar-refractivity contribution in [1.29, 1.82) is 0 Å². The van der Waals surface area contributed by atoms with E-state index in [-0.39, 0.29) is 36.3 Å². The minimum Gasteiger partial charge on any atom is -0.461 e. The molecule has 1 atom stereocenters. The van der Waals surface area contributed by atoms with Gasteiger partial charge in [0.15, 0.2) is 16.6 Å². The smallest absolute Gasteiger partial charge is 0.357 e. The second-order valence-electron chi connectivity index (χ2n) is 7.01. The molecule has 2 aromatic rings.